The van der Waals surface area contributed by atoms with Gasteiger partial charge in [0.25, 0.3) is 0 Å². The van der Waals surface area contributed by atoms with Crippen LogP contribution in [0.2, 0.25) is 0 Å². The predicted octanol–water partition coefficient (Wildman–Crippen LogP) is 3.40. The Labute approximate surface area is 135 Å². The van der Waals surface area contributed by atoms with Crippen LogP contribution in [0.1, 0.15) is 24.2 Å². The van der Waals surface area contributed by atoms with Gasteiger partial charge < -0.3 is 9.84 Å². The van der Waals surface area contributed by atoms with Crippen LogP contribution >= 0.6 is 0 Å². The molecule has 1 N–H and O–H groups in total. The van der Waals surface area contributed by atoms with Gasteiger partial charge in [0.15, 0.2) is 5.78 Å². The molecule has 0 heterocycles. The van der Waals surface area contributed by atoms with Crippen molar-refractivity contribution in [3.63, 3.8) is 0 Å². The van der Waals surface area contributed by atoms with Crippen molar-refractivity contribution in [3.8, 4) is 16.9 Å². The van der Waals surface area contributed by atoms with Gasteiger partial charge in [-0.1, -0.05) is 36.9 Å². The van der Waals surface area contributed by atoms with Crippen LogP contribution in [0.25, 0.3) is 11.1 Å². The highest BCUT2D eigenvalue weighted by Crippen LogP contribution is 2.24. The van der Waals surface area contributed by atoms with Gasteiger partial charge in [-0.25, -0.2) is 4.79 Å². The zero-order valence-electron chi connectivity index (χ0n) is 13.1. The van der Waals surface area contributed by atoms with Gasteiger partial charge in [0.1, 0.15) is 11.4 Å². The fraction of sp³-hybridized carbons (Fsp3) is 0.158. The van der Waals surface area contributed by atoms with Crippen molar-refractivity contribution in [2.24, 2.45) is 0 Å². The molecule has 0 atom stereocenters. The first kappa shape index (κ1) is 16.6. The topological polar surface area (TPSA) is 63.6 Å². The minimum absolute atomic E-state index is 0.337. The molecule has 0 aliphatic rings. The Morgan fingerprint density at radius 3 is 2.30 bits per heavy atom. The molecule has 0 aliphatic carbocycles. The van der Waals surface area contributed by atoms with Crippen molar-refractivity contribution < 1.29 is 19.4 Å². The van der Waals surface area contributed by atoms with E-state index in [1.807, 2.05) is 6.07 Å². The quantitative estimate of drug-likeness (QED) is 0.398. The minimum Gasteiger partial charge on any atom is -0.423 e. The molecule has 0 amide bonds. The Bertz CT molecular complexity index is 737. The molecular weight excluding hydrogens is 292 g/mol. The molecule has 0 radical (unpaired) electrons. The maximum atomic E-state index is 12.1. The van der Waals surface area contributed by atoms with Crippen molar-refractivity contribution in [1.29, 1.82) is 0 Å². The minimum atomic E-state index is -1.42. The second-order valence-corrected chi connectivity index (χ2v) is 5.62. The molecule has 0 bridgehead atoms. The molecule has 2 rings (SSSR count). The lowest BCUT2D eigenvalue weighted by molar-refractivity contribution is -0.128. The van der Waals surface area contributed by atoms with Gasteiger partial charge >= 0.3 is 5.97 Å². The van der Waals surface area contributed by atoms with Crippen LogP contribution in [0.5, 0.6) is 5.75 Å². The standard InChI is InChI=1S/C19H18O4/c1-4-17(20)23-16-10-8-13(9-11-16)14-6-5-7-15(12-14)18(21)19(2,3)22/h4-12,22H,1H2,2-3H3. The molecule has 2 aromatic rings. The largest absolute Gasteiger partial charge is 0.423 e. The number of esters is 1. The highest BCUT2D eigenvalue weighted by atomic mass is 16.5. The fourth-order valence-corrected chi connectivity index (χ4v) is 2.07. The molecule has 0 saturated carbocycles. The van der Waals surface area contributed by atoms with Crippen LogP contribution in [-0.4, -0.2) is 22.5 Å². The van der Waals surface area contributed by atoms with Gasteiger partial charge in [0.05, 0.1) is 0 Å². The van der Waals surface area contributed by atoms with E-state index in [-0.39, 0.29) is 5.78 Å². The third-order valence-corrected chi connectivity index (χ3v) is 3.25. The van der Waals surface area contributed by atoms with E-state index in [1.165, 1.54) is 13.8 Å². The molecule has 0 aliphatic heterocycles. The molecule has 4 heteroatoms. The summed E-state index contributed by atoms with van der Waals surface area (Å²) < 4.78 is 5.02. The first-order valence-electron chi connectivity index (χ1n) is 7.13. The Kier molecular flexibility index (Phi) is 4.77. The molecule has 0 unspecified atom stereocenters. The van der Waals surface area contributed by atoms with E-state index in [9.17, 15) is 14.7 Å². The molecule has 4 nitrogen and oxygen atoms in total. The third kappa shape index (κ3) is 4.14. The average Bonchev–Trinajstić information content (AvgIpc) is 2.54. The highest BCUT2D eigenvalue weighted by molar-refractivity contribution is 6.02. The number of hydrogen-bond donors (Lipinski definition) is 1. The number of carbonyl (C=O) groups is 2. The van der Waals surface area contributed by atoms with Crippen molar-refractivity contribution in [1.82, 2.24) is 0 Å². The molecule has 0 spiro atoms. The van der Waals surface area contributed by atoms with Gasteiger partial charge in [0.2, 0.25) is 0 Å². The summed E-state index contributed by atoms with van der Waals surface area (Å²) in [6, 6.07) is 13.9. The SMILES string of the molecule is C=CC(=O)Oc1ccc(-c2cccc(C(=O)C(C)(C)O)c2)cc1. The summed E-state index contributed by atoms with van der Waals surface area (Å²) in [6.45, 7) is 6.27. The number of hydrogen-bond acceptors (Lipinski definition) is 4. The lowest BCUT2D eigenvalue weighted by atomic mass is 9.94. The molecule has 118 valence electrons. The summed E-state index contributed by atoms with van der Waals surface area (Å²) in [5.41, 5.74) is 0.731. The van der Waals surface area contributed by atoms with Crippen molar-refractivity contribution in [2.75, 3.05) is 0 Å². The summed E-state index contributed by atoms with van der Waals surface area (Å²) in [5.74, 6) is -0.436. The maximum Gasteiger partial charge on any atom is 0.335 e. The van der Waals surface area contributed by atoms with Gasteiger partial charge in [0, 0.05) is 11.6 Å². The van der Waals surface area contributed by atoms with Crippen molar-refractivity contribution in [3.05, 3.63) is 66.7 Å². The van der Waals surface area contributed by atoms with Gasteiger partial charge in [-0.3, -0.25) is 4.79 Å². The number of Topliss-reactive ketones (excluding diaryl/α,β-unsaturated/α-hetero) is 1. The van der Waals surface area contributed by atoms with E-state index in [1.54, 1.807) is 42.5 Å². The maximum absolute atomic E-state index is 12.1. The van der Waals surface area contributed by atoms with Crippen molar-refractivity contribution in [2.45, 2.75) is 19.4 Å². The van der Waals surface area contributed by atoms with Crippen LogP contribution in [0.4, 0.5) is 0 Å². The number of ketones is 1. The van der Waals surface area contributed by atoms with Crippen LogP contribution in [0.3, 0.4) is 0 Å². The Morgan fingerprint density at radius 1 is 1.09 bits per heavy atom. The van der Waals surface area contributed by atoms with E-state index < -0.39 is 11.6 Å². The van der Waals surface area contributed by atoms with Crippen LogP contribution in [-0.2, 0) is 4.79 Å². The van der Waals surface area contributed by atoms with Crippen LogP contribution in [0, 0.1) is 0 Å². The Hall–Kier alpha value is -2.72. The average molecular weight is 310 g/mol. The van der Waals surface area contributed by atoms with E-state index in [0.29, 0.717) is 11.3 Å². The smallest absolute Gasteiger partial charge is 0.335 e. The number of aliphatic hydroxyl groups is 1. The van der Waals surface area contributed by atoms with Crippen LogP contribution < -0.4 is 4.74 Å². The lowest BCUT2D eigenvalue weighted by Gasteiger charge is -2.16. The molecule has 0 saturated heterocycles. The fourth-order valence-electron chi connectivity index (χ4n) is 2.07. The molecular formula is C19H18O4. The first-order chi connectivity index (χ1) is 10.8. The summed E-state index contributed by atoms with van der Waals surface area (Å²) in [7, 11) is 0. The van der Waals surface area contributed by atoms with Gasteiger partial charge in [-0.05, 0) is 43.2 Å². The number of benzene rings is 2. The molecule has 2 aromatic carbocycles. The van der Waals surface area contributed by atoms with Gasteiger partial charge in [-0.2, -0.15) is 0 Å². The zero-order valence-corrected chi connectivity index (χ0v) is 13.1. The second kappa shape index (κ2) is 6.58. The predicted molar refractivity (Wildman–Crippen MR) is 88.3 cm³/mol. The summed E-state index contributed by atoms with van der Waals surface area (Å²) >= 11 is 0. The summed E-state index contributed by atoms with van der Waals surface area (Å²) in [4.78, 5) is 23.3. The monoisotopic (exact) mass is 310 g/mol. The number of ether oxygens (including phenoxy) is 1. The number of rotatable bonds is 5. The van der Waals surface area contributed by atoms with Crippen molar-refractivity contribution >= 4 is 11.8 Å². The zero-order chi connectivity index (χ0) is 17.0. The van der Waals surface area contributed by atoms with E-state index in [0.717, 1.165) is 17.2 Å². The molecule has 0 aromatic heterocycles. The van der Waals surface area contributed by atoms with E-state index >= 15 is 0 Å². The third-order valence-electron chi connectivity index (χ3n) is 3.25. The normalized spacial score (nSPS) is 10.9. The molecule has 0 fully saturated rings. The lowest BCUT2D eigenvalue weighted by Crippen LogP contribution is -2.31. The summed E-state index contributed by atoms with van der Waals surface area (Å²) in [5, 5.41) is 9.84. The number of carbonyl (C=O) groups excluding carboxylic acids is 2. The first-order valence-corrected chi connectivity index (χ1v) is 7.13. The van der Waals surface area contributed by atoms with E-state index in [2.05, 4.69) is 6.58 Å². The van der Waals surface area contributed by atoms with E-state index in [4.69, 9.17) is 4.74 Å². The highest BCUT2D eigenvalue weighted by Gasteiger charge is 2.25. The molecule has 23 heavy (non-hydrogen) atoms. The Morgan fingerprint density at radius 2 is 1.74 bits per heavy atom. The summed E-state index contributed by atoms with van der Waals surface area (Å²) in [6.07, 6.45) is 1.10. The van der Waals surface area contributed by atoms with Crippen LogP contribution in [0.15, 0.2) is 61.2 Å². The Balaban J connectivity index is 2.27. The van der Waals surface area contributed by atoms with Gasteiger partial charge in [-0.15, -0.1) is 0 Å². The second-order valence-electron chi connectivity index (χ2n) is 5.62.